The average Bonchev–Trinajstić information content (AvgIpc) is 2.55. The van der Waals surface area contributed by atoms with E-state index in [4.69, 9.17) is 4.74 Å². The van der Waals surface area contributed by atoms with E-state index in [2.05, 4.69) is 23.5 Å². The molecule has 0 saturated carbocycles. The van der Waals surface area contributed by atoms with Crippen LogP contribution >= 0.6 is 0 Å². The molecular formula is C18H27NO2. The maximum atomic E-state index is 10.2. The second-order valence-electron chi connectivity index (χ2n) is 6.45. The van der Waals surface area contributed by atoms with Gasteiger partial charge in [0.05, 0.1) is 12.7 Å². The molecule has 0 spiro atoms. The third-order valence-corrected chi connectivity index (χ3v) is 4.88. The number of aliphatic hydroxyl groups excluding tert-OH is 1. The van der Waals surface area contributed by atoms with E-state index in [1.165, 1.54) is 43.2 Å². The van der Waals surface area contributed by atoms with E-state index in [0.717, 1.165) is 31.7 Å². The first kappa shape index (κ1) is 14.9. The molecule has 2 atom stereocenters. The van der Waals surface area contributed by atoms with Gasteiger partial charge in [0, 0.05) is 13.0 Å². The molecule has 0 amide bonds. The van der Waals surface area contributed by atoms with Gasteiger partial charge < -0.3 is 15.2 Å². The summed E-state index contributed by atoms with van der Waals surface area (Å²) in [6.07, 6.45) is 7.80. The Morgan fingerprint density at radius 3 is 2.86 bits per heavy atom. The van der Waals surface area contributed by atoms with Gasteiger partial charge >= 0.3 is 0 Å². The Kier molecular flexibility index (Phi) is 5.15. The van der Waals surface area contributed by atoms with E-state index in [0.29, 0.717) is 12.5 Å². The third-order valence-electron chi connectivity index (χ3n) is 4.88. The summed E-state index contributed by atoms with van der Waals surface area (Å²) in [6.45, 7) is 2.64. The lowest BCUT2D eigenvalue weighted by Crippen LogP contribution is -2.37. The second-order valence-corrected chi connectivity index (χ2v) is 6.45. The zero-order chi connectivity index (χ0) is 14.5. The van der Waals surface area contributed by atoms with Gasteiger partial charge in [-0.2, -0.15) is 0 Å². The lowest BCUT2D eigenvalue weighted by Gasteiger charge is -2.27. The molecule has 2 unspecified atom stereocenters. The Bertz CT molecular complexity index is 455. The van der Waals surface area contributed by atoms with Crippen LogP contribution in [-0.4, -0.2) is 30.9 Å². The largest absolute Gasteiger partial charge is 0.493 e. The van der Waals surface area contributed by atoms with E-state index < -0.39 is 0 Å². The molecule has 1 saturated heterocycles. The predicted molar refractivity (Wildman–Crippen MR) is 84.8 cm³/mol. The fourth-order valence-corrected chi connectivity index (χ4v) is 3.54. The van der Waals surface area contributed by atoms with Gasteiger partial charge in [0.15, 0.2) is 0 Å². The number of nitrogens with one attached hydrogen (secondary N) is 1. The van der Waals surface area contributed by atoms with Crippen molar-refractivity contribution < 1.29 is 9.84 Å². The smallest absolute Gasteiger partial charge is 0.119 e. The van der Waals surface area contributed by atoms with E-state index in [1.807, 2.05) is 0 Å². The summed E-state index contributed by atoms with van der Waals surface area (Å²) < 4.78 is 5.85. The van der Waals surface area contributed by atoms with Gasteiger partial charge in [-0.25, -0.2) is 0 Å². The molecule has 21 heavy (non-hydrogen) atoms. The Hall–Kier alpha value is -1.06. The van der Waals surface area contributed by atoms with Crippen molar-refractivity contribution in [2.45, 2.75) is 51.0 Å². The molecule has 0 bridgehead atoms. The molecule has 3 rings (SSSR count). The zero-order valence-electron chi connectivity index (χ0n) is 12.8. The molecule has 1 aromatic rings. The normalized spacial score (nSPS) is 23.4. The molecule has 0 radical (unpaired) electrons. The lowest BCUT2D eigenvalue weighted by atomic mass is 9.91. The lowest BCUT2D eigenvalue weighted by molar-refractivity contribution is 0.0702. The van der Waals surface area contributed by atoms with Crippen molar-refractivity contribution in [2.24, 2.45) is 5.92 Å². The van der Waals surface area contributed by atoms with Gasteiger partial charge in [-0.3, -0.25) is 0 Å². The molecular weight excluding hydrogens is 262 g/mol. The number of hydrogen-bond acceptors (Lipinski definition) is 3. The van der Waals surface area contributed by atoms with Crippen molar-refractivity contribution in [3.8, 4) is 5.75 Å². The molecule has 116 valence electrons. The number of ether oxygens (including phenoxy) is 1. The minimum Gasteiger partial charge on any atom is -0.493 e. The maximum absolute atomic E-state index is 10.2. The van der Waals surface area contributed by atoms with E-state index in [1.54, 1.807) is 0 Å². The molecule has 3 nitrogen and oxygen atoms in total. The molecule has 3 heteroatoms. The van der Waals surface area contributed by atoms with E-state index >= 15 is 0 Å². The van der Waals surface area contributed by atoms with Gasteiger partial charge in [-0.15, -0.1) is 0 Å². The van der Waals surface area contributed by atoms with Crippen LogP contribution in [0.1, 0.15) is 43.2 Å². The fraction of sp³-hybridized carbons (Fsp3) is 0.667. The van der Waals surface area contributed by atoms with Gasteiger partial charge in [0.2, 0.25) is 0 Å². The highest BCUT2D eigenvalue weighted by Crippen LogP contribution is 2.25. The number of aliphatic hydroxyl groups is 1. The maximum Gasteiger partial charge on any atom is 0.119 e. The van der Waals surface area contributed by atoms with Crippen molar-refractivity contribution in [3.05, 3.63) is 29.3 Å². The zero-order valence-corrected chi connectivity index (χ0v) is 12.8. The Balaban J connectivity index is 1.46. The van der Waals surface area contributed by atoms with Crippen LogP contribution in [0.2, 0.25) is 0 Å². The summed E-state index contributed by atoms with van der Waals surface area (Å²) in [5.74, 6) is 1.36. The summed E-state index contributed by atoms with van der Waals surface area (Å²) in [4.78, 5) is 0. The number of rotatable bonds is 5. The molecule has 2 N–H and O–H groups in total. The summed E-state index contributed by atoms with van der Waals surface area (Å²) in [6, 6.07) is 6.49. The molecule has 2 aliphatic rings. The van der Waals surface area contributed by atoms with E-state index in [9.17, 15) is 5.11 Å². The van der Waals surface area contributed by atoms with Crippen LogP contribution in [0.3, 0.4) is 0 Å². The highest BCUT2D eigenvalue weighted by atomic mass is 16.5. The quantitative estimate of drug-likeness (QED) is 0.875. The average molecular weight is 289 g/mol. The summed E-state index contributed by atoms with van der Waals surface area (Å²) in [7, 11) is 0. The SMILES string of the molecule is OC(CCOc1ccc2c(c1)CCCC2)C1CCCNC1. The van der Waals surface area contributed by atoms with Gasteiger partial charge in [-0.05, 0) is 74.2 Å². The van der Waals surface area contributed by atoms with Gasteiger partial charge in [0.1, 0.15) is 5.75 Å². The minimum absolute atomic E-state index is 0.240. The molecule has 1 aliphatic carbocycles. The minimum atomic E-state index is -0.240. The second kappa shape index (κ2) is 7.28. The Morgan fingerprint density at radius 2 is 2.05 bits per heavy atom. The summed E-state index contributed by atoms with van der Waals surface area (Å²) >= 11 is 0. The number of fused-ring (bicyclic) bond motifs is 1. The summed E-state index contributed by atoms with van der Waals surface area (Å²) in [5, 5.41) is 13.6. The monoisotopic (exact) mass is 289 g/mol. The molecule has 1 aliphatic heterocycles. The van der Waals surface area contributed by atoms with Crippen LogP contribution in [0.4, 0.5) is 0 Å². The van der Waals surface area contributed by atoms with Crippen molar-refractivity contribution >= 4 is 0 Å². The predicted octanol–water partition coefficient (Wildman–Crippen LogP) is 2.69. The number of aryl methyl sites for hydroxylation is 2. The van der Waals surface area contributed by atoms with Crippen LogP contribution in [0.25, 0.3) is 0 Å². The first-order valence-corrected chi connectivity index (χ1v) is 8.46. The van der Waals surface area contributed by atoms with Crippen LogP contribution in [0, 0.1) is 5.92 Å². The van der Waals surface area contributed by atoms with Crippen LogP contribution in [-0.2, 0) is 12.8 Å². The molecule has 1 aromatic carbocycles. The standard InChI is InChI=1S/C18H27NO2/c20-18(16-6-3-10-19-13-16)9-11-21-17-8-7-14-4-1-2-5-15(14)12-17/h7-8,12,16,18-20H,1-6,9-11,13H2. The topological polar surface area (TPSA) is 41.5 Å². The first-order chi connectivity index (χ1) is 10.3. The Labute approximate surface area is 127 Å². The molecule has 0 aromatic heterocycles. The number of benzene rings is 1. The summed E-state index contributed by atoms with van der Waals surface area (Å²) in [5.41, 5.74) is 2.94. The number of hydrogen-bond donors (Lipinski definition) is 2. The third kappa shape index (κ3) is 3.98. The van der Waals surface area contributed by atoms with Crippen molar-refractivity contribution in [2.75, 3.05) is 19.7 Å². The number of piperidine rings is 1. The highest BCUT2D eigenvalue weighted by molar-refractivity contribution is 5.37. The van der Waals surface area contributed by atoms with E-state index in [-0.39, 0.29) is 6.10 Å². The first-order valence-electron chi connectivity index (χ1n) is 8.46. The van der Waals surface area contributed by atoms with Crippen LogP contribution < -0.4 is 10.1 Å². The fourth-order valence-electron chi connectivity index (χ4n) is 3.54. The van der Waals surface area contributed by atoms with Crippen molar-refractivity contribution in [3.63, 3.8) is 0 Å². The van der Waals surface area contributed by atoms with Crippen LogP contribution in [0.5, 0.6) is 5.75 Å². The molecule has 1 fully saturated rings. The van der Waals surface area contributed by atoms with Crippen LogP contribution in [0.15, 0.2) is 18.2 Å². The van der Waals surface area contributed by atoms with Gasteiger partial charge in [0.25, 0.3) is 0 Å². The molecule has 1 heterocycles. The van der Waals surface area contributed by atoms with Gasteiger partial charge in [-0.1, -0.05) is 6.07 Å². The van der Waals surface area contributed by atoms with Crippen molar-refractivity contribution in [1.29, 1.82) is 0 Å². The van der Waals surface area contributed by atoms with Crippen molar-refractivity contribution in [1.82, 2.24) is 5.32 Å². The Morgan fingerprint density at radius 1 is 1.19 bits per heavy atom. The highest BCUT2D eigenvalue weighted by Gasteiger charge is 2.21.